The summed E-state index contributed by atoms with van der Waals surface area (Å²) in [5.74, 6) is -1.84. The number of aliphatic hydroxyl groups is 2. The second-order valence-electron chi connectivity index (χ2n) is 8.50. The molecule has 0 saturated carbocycles. The van der Waals surface area contributed by atoms with Crippen molar-refractivity contribution in [3.8, 4) is 0 Å². The van der Waals surface area contributed by atoms with Gasteiger partial charge in [0.15, 0.2) is 11.2 Å². The maximum atomic E-state index is 12.3. The molecule has 1 atom stereocenters. The number of carboxylic acids is 2. The number of pyridine rings is 2. The standard InChI is InChI=1S/C13H21N5O4.2C6H5NO2/c1-15(4-5-19)6-9(20)7-18-8-14-11-10(18)12(21)17(3)13(22)16(11)2;2*8-6(9)5-1-3-7-4-2-5/h8-9,19-20H,4-7H2,1-3H3;2*1-4H,(H,8,9). The fraction of sp³-hybridized carbons (Fsp3) is 0.320. The Morgan fingerprint density at radius 2 is 1.43 bits per heavy atom. The lowest BCUT2D eigenvalue weighted by atomic mass is 10.3. The molecule has 214 valence electrons. The average molecular weight is 558 g/mol. The Bertz CT molecular complexity index is 1470. The summed E-state index contributed by atoms with van der Waals surface area (Å²) in [6, 6.07) is 5.79. The molecule has 4 N–H and O–H groups in total. The summed E-state index contributed by atoms with van der Waals surface area (Å²) in [7, 11) is 4.74. The SMILES string of the molecule is CN(CCO)CC(O)Cn1cnc2c1c(=O)n(C)c(=O)n2C.O=C(O)c1ccncc1.O=C(O)c1ccncc1. The monoisotopic (exact) mass is 557 g/mol. The number of carboxylic acid groups (broad SMARTS) is 2. The van der Waals surface area contributed by atoms with E-state index in [2.05, 4.69) is 15.0 Å². The summed E-state index contributed by atoms with van der Waals surface area (Å²) in [5.41, 5.74) is 0.241. The lowest BCUT2D eigenvalue weighted by Crippen LogP contribution is -2.38. The van der Waals surface area contributed by atoms with Gasteiger partial charge in [0, 0.05) is 52.0 Å². The molecule has 1 unspecified atom stereocenters. The Labute approximate surface area is 227 Å². The predicted octanol–water partition coefficient (Wildman–Crippen LogP) is -0.722. The molecule has 15 heteroatoms. The topological polar surface area (TPSA) is 206 Å². The molecule has 4 heterocycles. The zero-order valence-electron chi connectivity index (χ0n) is 22.2. The Morgan fingerprint density at radius 1 is 0.925 bits per heavy atom. The van der Waals surface area contributed by atoms with Crippen LogP contribution in [0.4, 0.5) is 0 Å². The molecule has 0 aliphatic rings. The highest BCUT2D eigenvalue weighted by Gasteiger charge is 2.17. The van der Waals surface area contributed by atoms with Gasteiger partial charge in [0.05, 0.1) is 36.7 Å². The molecule has 15 nitrogen and oxygen atoms in total. The van der Waals surface area contributed by atoms with Gasteiger partial charge in [0.25, 0.3) is 5.56 Å². The minimum absolute atomic E-state index is 0.0138. The van der Waals surface area contributed by atoms with E-state index < -0.39 is 29.3 Å². The molecule has 0 aromatic carbocycles. The molecule has 40 heavy (non-hydrogen) atoms. The number of fused-ring (bicyclic) bond motifs is 1. The number of nitrogens with zero attached hydrogens (tertiary/aromatic N) is 7. The molecule has 0 bridgehead atoms. The lowest BCUT2D eigenvalue weighted by Gasteiger charge is -2.19. The van der Waals surface area contributed by atoms with E-state index in [9.17, 15) is 24.3 Å². The van der Waals surface area contributed by atoms with Gasteiger partial charge in [-0.15, -0.1) is 0 Å². The largest absolute Gasteiger partial charge is 0.478 e. The summed E-state index contributed by atoms with van der Waals surface area (Å²) in [6.07, 6.45) is 6.51. The molecule has 0 aliphatic heterocycles. The summed E-state index contributed by atoms with van der Waals surface area (Å²) in [5, 5.41) is 35.7. The maximum Gasteiger partial charge on any atom is 0.335 e. The number of aromatic carboxylic acids is 2. The molecular weight excluding hydrogens is 526 g/mol. The molecule has 0 aliphatic carbocycles. The Kier molecular flexibility index (Phi) is 11.8. The number of carbonyl (C=O) groups is 2. The van der Waals surface area contributed by atoms with Gasteiger partial charge in [-0.2, -0.15) is 0 Å². The summed E-state index contributed by atoms with van der Waals surface area (Å²) >= 11 is 0. The van der Waals surface area contributed by atoms with Crippen LogP contribution in [0.25, 0.3) is 11.2 Å². The van der Waals surface area contributed by atoms with Gasteiger partial charge in [-0.25, -0.2) is 19.4 Å². The summed E-state index contributed by atoms with van der Waals surface area (Å²) in [4.78, 5) is 57.7. The van der Waals surface area contributed by atoms with Crippen molar-refractivity contribution in [1.82, 2.24) is 33.6 Å². The first-order valence-corrected chi connectivity index (χ1v) is 11.8. The number of aromatic nitrogens is 6. The highest BCUT2D eigenvalue weighted by atomic mass is 16.4. The van der Waals surface area contributed by atoms with Gasteiger partial charge >= 0.3 is 17.6 Å². The lowest BCUT2D eigenvalue weighted by molar-refractivity contribution is 0.0686. The van der Waals surface area contributed by atoms with Crippen molar-refractivity contribution in [2.75, 3.05) is 26.7 Å². The van der Waals surface area contributed by atoms with Crippen molar-refractivity contribution < 1.29 is 30.0 Å². The highest BCUT2D eigenvalue weighted by molar-refractivity contribution is 5.87. The van der Waals surface area contributed by atoms with E-state index >= 15 is 0 Å². The quantitative estimate of drug-likeness (QED) is 0.212. The van der Waals surface area contributed by atoms with Gasteiger partial charge in [-0.05, 0) is 31.3 Å². The molecule has 4 rings (SSSR count). The number of likely N-dealkylation sites (N-methyl/N-ethyl adjacent to an activating group) is 1. The molecular formula is C25H31N7O8. The zero-order chi connectivity index (χ0) is 29.8. The third kappa shape index (κ3) is 8.65. The van der Waals surface area contributed by atoms with Crippen LogP contribution in [-0.2, 0) is 20.6 Å². The fourth-order valence-corrected chi connectivity index (χ4v) is 3.43. The summed E-state index contributed by atoms with van der Waals surface area (Å²) < 4.78 is 3.87. The minimum atomic E-state index is -0.919. The van der Waals surface area contributed by atoms with Gasteiger partial charge in [0.1, 0.15) is 0 Å². The van der Waals surface area contributed by atoms with Gasteiger partial charge in [-0.1, -0.05) is 0 Å². The second kappa shape index (κ2) is 15.0. The first kappa shape index (κ1) is 31.5. The van der Waals surface area contributed by atoms with Gasteiger partial charge in [-0.3, -0.25) is 23.9 Å². The second-order valence-corrected chi connectivity index (χ2v) is 8.50. The smallest absolute Gasteiger partial charge is 0.335 e. The zero-order valence-corrected chi connectivity index (χ0v) is 22.2. The average Bonchev–Trinajstić information content (AvgIpc) is 3.36. The van der Waals surface area contributed by atoms with E-state index in [0.29, 0.717) is 18.7 Å². The summed E-state index contributed by atoms with van der Waals surface area (Å²) in [6.45, 7) is 1.00. The van der Waals surface area contributed by atoms with Crippen molar-refractivity contribution in [2.45, 2.75) is 12.6 Å². The Morgan fingerprint density at radius 3 is 1.85 bits per heavy atom. The molecule has 0 fully saturated rings. The first-order chi connectivity index (χ1) is 19.0. The van der Waals surface area contributed by atoms with Crippen molar-refractivity contribution in [3.05, 3.63) is 87.3 Å². The third-order valence-electron chi connectivity index (χ3n) is 5.48. The van der Waals surface area contributed by atoms with Gasteiger partial charge < -0.3 is 29.9 Å². The van der Waals surface area contributed by atoms with Crippen LogP contribution in [0.2, 0.25) is 0 Å². The van der Waals surface area contributed by atoms with Crippen LogP contribution in [0.1, 0.15) is 20.7 Å². The van der Waals surface area contributed by atoms with Crippen molar-refractivity contribution in [1.29, 1.82) is 0 Å². The van der Waals surface area contributed by atoms with E-state index in [-0.39, 0.29) is 29.8 Å². The fourth-order valence-electron chi connectivity index (χ4n) is 3.43. The molecule has 4 aromatic heterocycles. The number of hydrogen-bond acceptors (Lipinski definition) is 10. The molecule has 4 aromatic rings. The van der Waals surface area contributed by atoms with Crippen LogP contribution in [0.5, 0.6) is 0 Å². The van der Waals surface area contributed by atoms with Crippen molar-refractivity contribution in [3.63, 3.8) is 0 Å². The van der Waals surface area contributed by atoms with Gasteiger partial charge in [0.2, 0.25) is 0 Å². The van der Waals surface area contributed by atoms with Crippen LogP contribution in [-0.4, -0.2) is 98.8 Å². The molecule has 0 amide bonds. The third-order valence-corrected chi connectivity index (χ3v) is 5.48. The number of aryl methyl sites for hydroxylation is 1. The van der Waals surface area contributed by atoms with E-state index in [1.807, 2.05) is 0 Å². The van der Waals surface area contributed by atoms with E-state index in [0.717, 1.165) is 4.57 Å². The van der Waals surface area contributed by atoms with Crippen LogP contribution in [0, 0.1) is 0 Å². The molecule has 0 radical (unpaired) electrons. The van der Waals surface area contributed by atoms with Crippen molar-refractivity contribution in [2.24, 2.45) is 14.1 Å². The normalized spacial score (nSPS) is 11.2. The van der Waals surface area contributed by atoms with E-state index in [1.54, 1.807) is 23.6 Å². The van der Waals surface area contributed by atoms with E-state index in [4.69, 9.17) is 15.3 Å². The minimum Gasteiger partial charge on any atom is -0.478 e. The molecule has 0 saturated heterocycles. The number of imidazole rings is 1. The van der Waals surface area contributed by atoms with Crippen molar-refractivity contribution >= 4 is 23.1 Å². The van der Waals surface area contributed by atoms with Crippen LogP contribution in [0.3, 0.4) is 0 Å². The van der Waals surface area contributed by atoms with Crippen LogP contribution in [0.15, 0.2) is 65.0 Å². The van der Waals surface area contributed by atoms with Crippen LogP contribution < -0.4 is 11.2 Å². The highest BCUT2D eigenvalue weighted by Crippen LogP contribution is 2.07. The Balaban J connectivity index is 0.000000254. The number of rotatable bonds is 8. The number of hydrogen-bond donors (Lipinski definition) is 4. The molecule has 0 spiro atoms. The number of aliphatic hydroxyl groups excluding tert-OH is 2. The Hall–Kier alpha value is -4.73. The van der Waals surface area contributed by atoms with E-state index in [1.165, 1.54) is 67.0 Å². The van der Waals surface area contributed by atoms with Crippen LogP contribution >= 0.6 is 0 Å². The first-order valence-electron chi connectivity index (χ1n) is 11.8. The predicted molar refractivity (Wildman–Crippen MR) is 143 cm³/mol. The maximum absolute atomic E-state index is 12.3.